The zero-order valence-corrected chi connectivity index (χ0v) is 18.7. The molecule has 1 atom stereocenters. The highest BCUT2D eigenvalue weighted by molar-refractivity contribution is 7.92. The molecule has 1 aliphatic rings. The summed E-state index contributed by atoms with van der Waals surface area (Å²) in [5.41, 5.74) is 0.809. The van der Waals surface area contributed by atoms with Crippen LogP contribution in [0.15, 0.2) is 42.5 Å². The van der Waals surface area contributed by atoms with E-state index in [1.54, 1.807) is 6.07 Å². The molecule has 0 aromatic heterocycles. The Morgan fingerprint density at radius 1 is 1.12 bits per heavy atom. The number of sulfonamides is 1. The normalized spacial score (nSPS) is 13.4. The molecule has 2 aromatic rings. The van der Waals surface area contributed by atoms with Gasteiger partial charge in [-0.3, -0.25) is 13.9 Å². The number of ether oxygens (including phenoxy) is 2. The number of anilines is 1. The second-order valence-electron chi connectivity index (χ2n) is 7.25. The lowest BCUT2D eigenvalue weighted by Gasteiger charge is -2.31. The number of hydrogen-bond acceptors (Lipinski definition) is 6. The molecule has 32 heavy (non-hydrogen) atoms. The van der Waals surface area contributed by atoms with Gasteiger partial charge >= 0.3 is 0 Å². The van der Waals surface area contributed by atoms with Crippen molar-refractivity contribution in [3.63, 3.8) is 0 Å². The van der Waals surface area contributed by atoms with E-state index in [-0.39, 0.29) is 19.0 Å². The van der Waals surface area contributed by atoms with Crippen LogP contribution in [0.3, 0.4) is 0 Å². The van der Waals surface area contributed by atoms with E-state index in [9.17, 15) is 22.4 Å². The summed E-state index contributed by atoms with van der Waals surface area (Å²) in [6, 6.07) is 9.14. The molecule has 1 N–H and O–H groups in total. The summed E-state index contributed by atoms with van der Waals surface area (Å²) in [4.78, 5) is 26.8. The summed E-state index contributed by atoms with van der Waals surface area (Å²) in [5.74, 6) is -0.620. The lowest BCUT2D eigenvalue weighted by Crippen LogP contribution is -2.50. The van der Waals surface area contributed by atoms with Gasteiger partial charge in [0.2, 0.25) is 28.6 Å². The maximum Gasteiger partial charge on any atom is 0.244 e. The first kappa shape index (κ1) is 23.3. The number of nitrogens with one attached hydrogen (secondary N) is 1. The number of carbonyl (C=O) groups is 2. The fourth-order valence-corrected chi connectivity index (χ4v) is 4.07. The summed E-state index contributed by atoms with van der Waals surface area (Å²) in [6.07, 6.45) is 0.983. The van der Waals surface area contributed by atoms with Crippen molar-refractivity contribution < 1.29 is 31.9 Å². The summed E-state index contributed by atoms with van der Waals surface area (Å²) < 4.78 is 49.8. The summed E-state index contributed by atoms with van der Waals surface area (Å²) in [5, 5.41) is 2.48. The zero-order chi connectivity index (χ0) is 23.5. The second-order valence-corrected chi connectivity index (χ2v) is 9.15. The van der Waals surface area contributed by atoms with Crippen molar-refractivity contribution in [1.82, 2.24) is 10.2 Å². The van der Waals surface area contributed by atoms with Gasteiger partial charge in [0.25, 0.3) is 0 Å². The third-order valence-corrected chi connectivity index (χ3v) is 6.14. The first-order valence-electron chi connectivity index (χ1n) is 9.73. The number of amides is 2. The lowest BCUT2D eigenvalue weighted by atomic mass is 10.1. The number of carbonyl (C=O) groups excluding carboxylic acids is 2. The van der Waals surface area contributed by atoms with Gasteiger partial charge in [0.1, 0.15) is 18.4 Å². The minimum absolute atomic E-state index is 0.00750. The van der Waals surface area contributed by atoms with Crippen molar-refractivity contribution in [2.24, 2.45) is 0 Å². The highest BCUT2D eigenvalue weighted by atomic mass is 32.2. The predicted molar refractivity (Wildman–Crippen MR) is 115 cm³/mol. The van der Waals surface area contributed by atoms with E-state index in [2.05, 4.69) is 5.32 Å². The van der Waals surface area contributed by atoms with E-state index in [0.29, 0.717) is 17.1 Å². The van der Waals surface area contributed by atoms with Crippen molar-refractivity contribution in [3.8, 4) is 11.5 Å². The standard InChI is InChI=1S/C21H24FN3O6S/c1-14(21(27)23-2)24(11-15-4-6-16(22)7-5-15)20(26)12-25(32(3,28)29)17-8-9-18-19(10-17)31-13-30-18/h4-10,14H,11-13H2,1-3H3,(H,23,27). The number of hydrogen-bond donors (Lipinski definition) is 1. The molecule has 9 nitrogen and oxygen atoms in total. The Labute approximate surface area is 185 Å². The lowest BCUT2D eigenvalue weighted by molar-refractivity contribution is -0.139. The van der Waals surface area contributed by atoms with Crippen LogP contribution in [0.25, 0.3) is 0 Å². The molecule has 0 fully saturated rings. The van der Waals surface area contributed by atoms with Crippen LogP contribution in [0.4, 0.5) is 10.1 Å². The molecule has 2 aromatic carbocycles. The molecule has 1 unspecified atom stereocenters. The molecule has 0 radical (unpaired) electrons. The first-order chi connectivity index (χ1) is 15.1. The predicted octanol–water partition coefficient (Wildman–Crippen LogP) is 1.48. The third-order valence-electron chi connectivity index (χ3n) is 5.00. The zero-order valence-electron chi connectivity index (χ0n) is 17.9. The Kier molecular flexibility index (Phi) is 6.87. The van der Waals surface area contributed by atoms with Gasteiger partial charge in [0.15, 0.2) is 11.5 Å². The Bertz CT molecular complexity index is 1110. The van der Waals surface area contributed by atoms with Gasteiger partial charge in [-0.2, -0.15) is 0 Å². The van der Waals surface area contributed by atoms with Crippen molar-refractivity contribution in [2.75, 3.05) is 30.9 Å². The topological polar surface area (TPSA) is 105 Å². The number of halogens is 1. The van der Waals surface area contributed by atoms with Crippen LogP contribution in [0.5, 0.6) is 11.5 Å². The smallest absolute Gasteiger partial charge is 0.244 e. The van der Waals surface area contributed by atoms with Crippen molar-refractivity contribution in [2.45, 2.75) is 19.5 Å². The minimum atomic E-state index is -3.85. The third kappa shape index (κ3) is 5.28. The molecule has 0 saturated carbocycles. The number of fused-ring (bicyclic) bond motifs is 1. The summed E-state index contributed by atoms with van der Waals surface area (Å²) in [7, 11) is -2.42. The van der Waals surface area contributed by atoms with Gasteiger partial charge in [-0.15, -0.1) is 0 Å². The molecule has 0 bridgehead atoms. The molecule has 0 saturated heterocycles. The Balaban J connectivity index is 1.90. The average molecular weight is 466 g/mol. The van der Waals surface area contributed by atoms with Crippen LogP contribution in [-0.4, -0.2) is 57.8 Å². The van der Waals surface area contributed by atoms with Crippen LogP contribution < -0.4 is 19.1 Å². The van der Waals surface area contributed by atoms with Gasteiger partial charge in [-0.1, -0.05) is 12.1 Å². The maximum absolute atomic E-state index is 13.3. The fraction of sp³-hybridized carbons (Fsp3) is 0.333. The number of benzene rings is 2. The Hall–Kier alpha value is -3.34. The number of nitrogens with zero attached hydrogens (tertiary/aromatic N) is 2. The van der Waals surface area contributed by atoms with Crippen molar-refractivity contribution in [3.05, 3.63) is 53.8 Å². The second kappa shape index (κ2) is 9.43. The van der Waals surface area contributed by atoms with Crippen molar-refractivity contribution in [1.29, 1.82) is 0 Å². The van der Waals surface area contributed by atoms with Crippen LogP contribution >= 0.6 is 0 Å². The van der Waals surface area contributed by atoms with Crippen molar-refractivity contribution >= 4 is 27.5 Å². The molecule has 172 valence electrons. The van der Waals surface area contributed by atoms with Gasteiger partial charge in [0, 0.05) is 19.7 Å². The van der Waals surface area contributed by atoms with Gasteiger partial charge in [0.05, 0.1) is 11.9 Å². The van der Waals surface area contributed by atoms with Crippen LogP contribution in [0.2, 0.25) is 0 Å². The summed E-state index contributed by atoms with van der Waals surface area (Å²) in [6.45, 7) is 1.00. The monoisotopic (exact) mass is 465 g/mol. The fourth-order valence-electron chi connectivity index (χ4n) is 3.23. The molecular weight excluding hydrogens is 441 g/mol. The van der Waals surface area contributed by atoms with E-state index in [4.69, 9.17) is 9.47 Å². The minimum Gasteiger partial charge on any atom is -0.454 e. The van der Waals surface area contributed by atoms with E-state index in [1.165, 1.54) is 55.3 Å². The molecule has 1 aliphatic heterocycles. The van der Waals surface area contributed by atoms with E-state index in [1.807, 2.05) is 0 Å². The SMILES string of the molecule is CNC(=O)C(C)N(Cc1ccc(F)cc1)C(=O)CN(c1ccc2c(c1)OCO2)S(C)(=O)=O. The van der Waals surface area contributed by atoms with Gasteiger partial charge in [-0.25, -0.2) is 12.8 Å². The highest BCUT2D eigenvalue weighted by Gasteiger charge is 2.30. The van der Waals surface area contributed by atoms with Crippen LogP contribution in [-0.2, 0) is 26.2 Å². The Morgan fingerprint density at radius 2 is 1.78 bits per heavy atom. The van der Waals surface area contributed by atoms with Crippen LogP contribution in [0, 0.1) is 5.82 Å². The molecule has 0 spiro atoms. The molecule has 1 heterocycles. The van der Waals surface area contributed by atoms with E-state index < -0.39 is 40.2 Å². The Morgan fingerprint density at radius 3 is 2.41 bits per heavy atom. The highest BCUT2D eigenvalue weighted by Crippen LogP contribution is 2.36. The average Bonchev–Trinajstić information content (AvgIpc) is 3.23. The maximum atomic E-state index is 13.3. The quantitative estimate of drug-likeness (QED) is 0.633. The number of rotatable bonds is 8. The molecular formula is C21H24FN3O6S. The van der Waals surface area contributed by atoms with Gasteiger partial charge < -0.3 is 19.7 Å². The molecule has 2 amide bonds. The molecule has 3 rings (SSSR count). The molecule has 0 aliphatic carbocycles. The summed E-state index contributed by atoms with van der Waals surface area (Å²) >= 11 is 0. The first-order valence-corrected chi connectivity index (χ1v) is 11.6. The largest absolute Gasteiger partial charge is 0.454 e. The van der Waals surface area contributed by atoms with E-state index in [0.717, 1.165) is 10.6 Å². The molecule has 11 heteroatoms. The van der Waals surface area contributed by atoms with Gasteiger partial charge in [-0.05, 0) is 36.8 Å². The number of likely N-dealkylation sites (N-methyl/N-ethyl adjacent to an activating group) is 1. The van der Waals surface area contributed by atoms with Crippen LogP contribution in [0.1, 0.15) is 12.5 Å². The van der Waals surface area contributed by atoms with E-state index >= 15 is 0 Å².